The molecule has 1 aromatic carbocycles. The molecular formula is C16H18N4O3. The average molecular weight is 314 g/mol. The zero-order valence-electron chi connectivity index (χ0n) is 12.6. The Morgan fingerprint density at radius 1 is 1.30 bits per heavy atom. The predicted octanol–water partition coefficient (Wildman–Crippen LogP) is 2.46. The number of nitro groups is 1. The molecule has 0 atom stereocenters. The number of nitrogens with zero attached hydrogens (tertiary/aromatic N) is 2. The maximum atomic E-state index is 12.1. The first-order valence-corrected chi connectivity index (χ1v) is 7.53. The van der Waals surface area contributed by atoms with E-state index in [1.807, 2.05) is 0 Å². The van der Waals surface area contributed by atoms with Gasteiger partial charge in [0, 0.05) is 12.1 Å². The van der Waals surface area contributed by atoms with Crippen LogP contribution in [0.25, 0.3) is 6.08 Å². The van der Waals surface area contributed by atoms with E-state index in [-0.39, 0.29) is 22.9 Å². The molecule has 0 aromatic heterocycles. The molecule has 1 fully saturated rings. The van der Waals surface area contributed by atoms with Gasteiger partial charge in [0.1, 0.15) is 11.6 Å². The van der Waals surface area contributed by atoms with E-state index in [4.69, 9.17) is 5.26 Å². The van der Waals surface area contributed by atoms with Gasteiger partial charge >= 0.3 is 0 Å². The lowest BCUT2D eigenvalue weighted by molar-refractivity contribution is -0.385. The molecule has 1 aliphatic rings. The van der Waals surface area contributed by atoms with Crippen LogP contribution in [0.4, 0.5) is 5.69 Å². The van der Waals surface area contributed by atoms with Gasteiger partial charge in [-0.2, -0.15) is 5.26 Å². The number of amides is 1. The Morgan fingerprint density at radius 2 is 2.00 bits per heavy atom. The summed E-state index contributed by atoms with van der Waals surface area (Å²) in [6.07, 6.45) is 6.63. The normalized spacial score (nSPS) is 15.7. The number of benzene rings is 1. The van der Waals surface area contributed by atoms with Gasteiger partial charge in [-0.3, -0.25) is 20.3 Å². The molecule has 1 aliphatic carbocycles. The number of para-hydroxylation sites is 1. The molecule has 7 nitrogen and oxygen atoms in total. The molecule has 0 heterocycles. The van der Waals surface area contributed by atoms with Crippen LogP contribution in [-0.4, -0.2) is 16.9 Å². The lowest BCUT2D eigenvalue weighted by Crippen LogP contribution is -2.45. The van der Waals surface area contributed by atoms with Crippen molar-refractivity contribution in [3.63, 3.8) is 0 Å². The topological polar surface area (TPSA) is 108 Å². The zero-order valence-corrected chi connectivity index (χ0v) is 12.6. The summed E-state index contributed by atoms with van der Waals surface area (Å²) in [5, 5.41) is 20.1. The summed E-state index contributed by atoms with van der Waals surface area (Å²) in [4.78, 5) is 22.5. The first-order valence-electron chi connectivity index (χ1n) is 7.53. The highest BCUT2D eigenvalue weighted by Gasteiger charge is 2.17. The van der Waals surface area contributed by atoms with Gasteiger partial charge in [0.2, 0.25) is 0 Å². The van der Waals surface area contributed by atoms with Crippen LogP contribution in [0.3, 0.4) is 0 Å². The maximum Gasteiger partial charge on any atom is 0.276 e. The van der Waals surface area contributed by atoms with Crippen LogP contribution in [-0.2, 0) is 4.79 Å². The van der Waals surface area contributed by atoms with Crippen molar-refractivity contribution in [1.29, 1.82) is 5.26 Å². The van der Waals surface area contributed by atoms with Gasteiger partial charge in [-0.25, -0.2) is 5.43 Å². The van der Waals surface area contributed by atoms with E-state index in [0.29, 0.717) is 0 Å². The first kappa shape index (κ1) is 16.6. The Hall–Kier alpha value is -2.72. The Bertz CT molecular complexity index is 658. The summed E-state index contributed by atoms with van der Waals surface area (Å²) in [5.41, 5.74) is 5.36. The number of hydrogen-bond donors (Lipinski definition) is 2. The van der Waals surface area contributed by atoms with Gasteiger partial charge in [-0.1, -0.05) is 31.4 Å². The van der Waals surface area contributed by atoms with Crippen LogP contribution < -0.4 is 10.9 Å². The van der Waals surface area contributed by atoms with E-state index in [1.54, 1.807) is 12.1 Å². The van der Waals surface area contributed by atoms with Crippen LogP contribution >= 0.6 is 0 Å². The van der Waals surface area contributed by atoms with E-state index in [1.165, 1.54) is 30.7 Å². The molecule has 0 unspecified atom stereocenters. The summed E-state index contributed by atoms with van der Waals surface area (Å²) in [5.74, 6) is -0.587. The van der Waals surface area contributed by atoms with Crippen molar-refractivity contribution in [3.8, 4) is 6.07 Å². The number of nitrogens with one attached hydrogen (secondary N) is 2. The summed E-state index contributed by atoms with van der Waals surface area (Å²) >= 11 is 0. The number of nitriles is 1. The number of carbonyl (C=O) groups is 1. The second-order valence-corrected chi connectivity index (χ2v) is 5.42. The second kappa shape index (κ2) is 8.06. The molecule has 0 aliphatic heterocycles. The summed E-state index contributed by atoms with van der Waals surface area (Å²) < 4.78 is 0. The highest BCUT2D eigenvalue weighted by molar-refractivity contribution is 6.01. The molecule has 1 aromatic rings. The van der Waals surface area contributed by atoms with Crippen LogP contribution in [0.1, 0.15) is 37.7 Å². The molecule has 2 rings (SSSR count). The standard InChI is InChI=1S/C16H18N4O3/c17-11-13(10-12-6-4-5-9-15(12)20(22)23)16(21)19-18-14-7-2-1-3-8-14/h4-6,9-10,14,18H,1-3,7-8H2,(H,19,21)/b13-10+. The van der Waals surface area contributed by atoms with E-state index < -0.39 is 10.8 Å². The summed E-state index contributed by atoms with van der Waals surface area (Å²) in [6.45, 7) is 0. The fraction of sp³-hybridized carbons (Fsp3) is 0.375. The average Bonchev–Trinajstić information content (AvgIpc) is 2.58. The Kier molecular flexibility index (Phi) is 5.83. The van der Waals surface area contributed by atoms with Crippen LogP contribution in [0.2, 0.25) is 0 Å². The Morgan fingerprint density at radius 3 is 2.65 bits per heavy atom. The fourth-order valence-electron chi connectivity index (χ4n) is 2.56. The highest BCUT2D eigenvalue weighted by atomic mass is 16.6. The fourth-order valence-corrected chi connectivity index (χ4v) is 2.56. The van der Waals surface area contributed by atoms with Crippen LogP contribution in [0.5, 0.6) is 0 Å². The molecule has 0 spiro atoms. The number of hydrogen-bond acceptors (Lipinski definition) is 5. The quantitative estimate of drug-likeness (QED) is 0.375. The zero-order chi connectivity index (χ0) is 16.7. The van der Waals surface area contributed by atoms with Gasteiger partial charge in [0.15, 0.2) is 0 Å². The third-order valence-electron chi connectivity index (χ3n) is 3.79. The van der Waals surface area contributed by atoms with Crippen molar-refractivity contribution in [2.45, 2.75) is 38.1 Å². The Labute approximate surface area is 134 Å². The molecule has 23 heavy (non-hydrogen) atoms. The SMILES string of the molecule is N#C/C(=C\c1ccccc1[N+](=O)[O-])C(=O)NNC1CCCCC1. The van der Waals surface area contributed by atoms with Crippen molar-refractivity contribution < 1.29 is 9.72 Å². The number of rotatable bonds is 5. The first-order chi connectivity index (χ1) is 11.1. The minimum absolute atomic E-state index is 0.145. The minimum atomic E-state index is -0.587. The third kappa shape index (κ3) is 4.63. The van der Waals surface area contributed by atoms with Gasteiger partial charge in [-0.05, 0) is 25.0 Å². The number of hydrazine groups is 1. The molecule has 1 saturated carbocycles. The van der Waals surface area contributed by atoms with Crippen molar-refractivity contribution in [2.24, 2.45) is 0 Å². The molecule has 0 bridgehead atoms. The lowest BCUT2D eigenvalue weighted by atomic mass is 9.96. The molecule has 0 saturated heterocycles. The Balaban J connectivity index is 2.08. The lowest BCUT2D eigenvalue weighted by Gasteiger charge is -2.22. The van der Waals surface area contributed by atoms with Crippen LogP contribution in [0, 0.1) is 21.4 Å². The minimum Gasteiger partial charge on any atom is -0.287 e. The van der Waals surface area contributed by atoms with E-state index in [9.17, 15) is 14.9 Å². The molecule has 2 N–H and O–H groups in total. The molecule has 1 amide bonds. The molecule has 120 valence electrons. The van der Waals surface area contributed by atoms with E-state index in [0.717, 1.165) is 25.7 Å². The third-order valence-corrected chi connectivity index (χ3v) is 3.79. The van der Waals surface area contributed by atoms with Gasteiger partial charge in [0.25, 0.3) is 11.6 Å². The predicted molar refractivity (Wildman–Crippen MR) is 84.8 cm³/mol. The second-order valence-electron chi connectivity index (χ2n) is 5.42. The highest BCUT2D eigenvalue weighted by Crippen LogP contribution is 2.20. The monoisotopic (exact) mass is 314 g/mol. The smallest absolute Gasteiger partial charge is 0.276 e. The van der Waals surface area contributed by atoms with Crippen LogP contribution in [0.15, 0.2) is 29.8 Å². The summed E-state index contributed by atoms with van der Waals surface area (Å²) in [6, 6.07) is 7.98. The van der Waals surface area contributed by atoms with E-state index >= 15 is 0 Å². The largest absolute Gasteiger partial charge is 0.287 e. The van der Waals surface area contributed by atoms with Crippen molar-refractivity contribution in [1.82, 2.24) is 10.9 Å². The number of nitro benzene ring substituents is 1. The summed E-state index contributed by atoms with van der Waals surface area (Å²) in [7, 11) is 0. The van der Waals surface area contributed by atoms with Crippen molar-refractivity contribution in [2.75, 3.05) is 0 Å². The molecule has 0 radical (unpaired) electrons. The maximum absolute atomic E-state index is 12.1. The van der Waals surface area contributed by atoms with Crippen molar-refractivity contribution >= 4 is 17.7 Å². The molecule has 7 heteroatoms. The van der Waals surface area contributed by atoms with E-state index in [2.05, 4.69) is 10.9 Å². The van der Waals surface area contributed by atoms with Gasteiger partial charge in [0.05, 0.1) is 10.5 Å². The molecular weight excluding hydrogens is 296 g/mol. The van der Waals surface area contributed by atoms with Gasteiger partial charge in [-0.15, -0.1) is 0 Å². The van der Waals surface area contributed by atoms with Crippen molar-refractivity contribution in [3.05, 3.63) is 45.5 Å². The number of carbonyl (C=O) groups excluding carboxylic acids is 1. The van der Waals surface area contributed by atoms with Gasteiger partial charge < -0.3 is 0 Å².